The summed E-state index contributed by atoms with van der Waals surface area (Å²) in [4.78, 5) is 38.1. The Hall–Kier alpha value is -2.96. The SMILES string of the molecule is CNc1cc(C(=O)N2C[C@H]3CC[C@@H]2CN(C(=O)c2ccccn2)C3)ccn1. The van der Waals surface area contributed by atoms with Gasteiger partial charge in [-0.3, -0.25) is 14.6 Å². The number of anilines is 1. The van der Waals surface area contributed by atoms with Crippen LogP contribution in [0.1, 0.15) is 33.7 Å². The highest BCUT2D eigenvalue weighted by Crippen LogP contribution is 2.30. The quantitative estimate of drug-likeness (QED) is 0.899. The largest absolute Gasteiger partial charge is 0.373 e. The maximum atomic E-state index is 13.1. The summed E-state index contributed by atoms with van der Waals surface area (Å²) in [5, 5.41) is 2.97. The summed E-state index contributed by atoms with van der Waals surface area (Å²) in [7, 11) is 1.78. The first-order valence-electron chi connectivity index (χ1n) is 9.31. The van der Waals surface area contributed by atoms with Crippen LogP contribution in [-0.4, -0.2) is 64.3 Å². The Bertz CT molecular complexity index is 841. The Morgan fingerprint density at radius 3 is 2.70 bits per heavy atom. The highest BCUT2D eigenvalue weighted by Gasteiger charge is 2.39. The fraction of sp³-hybridized carbons (Fsp3) is 0.400. The van der Waals surface area contributed by atoms with Crippen LogP contribution in [-0.2, 0) is 0 Å². The van der Waals surface area contributed by atoms with Crippen LogP contribution < -0.4 is 5.32 Å². The number of nitrogens with one attached hydrogen (secondary N) is 1. The number of fused-ring (bicyclic) bond motifs is 4. The van der Waals surface area contributed by atoms with Crippen molar-refractivity contribution in [3.05, 3.63) is 54.0 Å². The predicted octanol–water partition coefficient (Wildman–Crippen LogP) is 1.90. The highest BCUT2D eigenvalue weighted by atomic mass is 16.2. The second-order valence-electron chi connectivity index (χ2n) is 7.16. The van der Waals surface area contributed by atoms with Crippen molar-refractivity contribution < 1.29 is 9.59 Å². The van der Waals surface area contributed by atoms with Crippen LogP contribution in [0.2, 0.25) is 0 Å². The van der Waals surface area contributed by atoms with Crippen molar-refractivity contribution in [3.8, 4) is 0 Å². The van der Waals surface area contributed by atoms with E-state index in [0.717, 1.165) is 12.8 Å². The van der Waals surface area contributed by atoms with Gasteiger partial charge in [0, 0.05) is 50.7 Å². The van der Waals surface area contributed by atoms with E-state index in [4.69, 9.17) is 0 Å². The molecule has 3 aliphatic heterocycles. The first kappa shape index (κ1) is 17.5. The molecule has 0 aromatic carbocycles. The standard InChI is InChI=1S/C20H23N5O2/c1-21-18-10-15(7-9-23-18)19(26)25-12-14-5-6-16(25)13-24(11-14)20(27)17-4-2-3-8-22-17/h2-4,7-10,14,16H,5-6,11-13H2,1H3,(H,21,23)/t14-,16+/m0/s1. The summed E-state index contributed by atoms with van der Waals surface area (Å²) < 4.78 is 0. The molecule has 3 aliphatic rings. The molecule has 2 aromatic heterocycles. The summed E-state index contributed by atoms with van der Waals surface area (Å²) in [6.07, 6.45) is 5.25. The molecule has 2 atom stereocenters. The van der Waals surface area contributed by atoms with Crippen molar-refractivity contribution in [3.63, 3.8) is 0 Å². The van der Waals surface area contributed by atoms with Crippen LogP contribution in [0.15, 0.2) is 42.7 Å². The fourth-order valence-corrected chi connectivity index (χ4v) is 4.01. The second kappa shape index (κ2) is 7.34. The van der Waals surface area contributed by atoms with E-state index in [1.54, 1.807) is 43.7 Å². The molecule has 0 unspecified atom stereocenters. The topological polar surface area (TPSA) is 78.4 Å². The average Bonchev–Trinajstić information content (AvgIpc) is 3.05. The van der Waals surface area contributed by atoms with Gasteiger partial charge in [-0.25, -0.2) is 4.98 Å². The van der Waals surface area contributed by atoms with E-state index in [1.807, 2.05) is 15.9 Å². The van der Waals surface area contributed by atoms with Gasteiger partial charge in [0.15, 0.2) is 0 Å². The molecule has 5 rings (SSSR count). The molecule has 0 saturated carbocycles. The van der Waals surface area contributed by atoms with Gasteiger partial charge in [0.25, 0.3) is 11.8 Å². The van der Waals surface area contributed by atoms with Crippen LogP contribution >= 0.6 is 0 Å². The summed E-state index contributed by atoms with van der Waals surface area (Å²) >= 11 is 0. The normalized spacial score (nSPS) is 21.7. The van der Waals surface area contributed by atoms with Crippen molar-refractivity contribution in [1.29, 1.82) is 0 Å². The van der Waals surface area contributed by atoms with Gasteiger partial charge < -0.3 is 15.1 Å². The monoisotopic (exact) mass is 365 g/mol. The molecular formula is C20H23N5O2. The Morgan fingerprint density at radius 2 is 1.93 bits per heavy atom. The molecule has 3 fully saturated rings. The van der Waals surface area contributed by atoms with Gasteiger partial charge in [0.05, 0.1) is 0 Å². The van der Waals surface area contributed by atoms with E-state index >= 15 is 0 Å². The summed E-state index contributed by atoms with van der Waals surface area (Å²) in [6.45, 7) is 1.92. The number of hydrogen-bond donors (Lipinski definition) is 1. The van der Waals surface area contributed by atoms with Crippen LogP contribution in [0.25, 0.3) is 0 Å². The number of nitrogens with zero attached hydrogens (tertiary/aromatic N) is 4. The van der Waals surface area contributed by atoms with E-state index in [1.165, 1.54) is 0 Å². The molecule has 27 heavy (non-hydrogen) atoms. The van der Waals surface area contributed by atoms with Crippen LogP contribution in [0.4, 0.5) is 5.82 Å². The van der Waals surface area contributed by atoms with E-state index in [-0.39, 0.29) is 17.9 Å². The number of rotatable bonds is 3. The minimum Gasteiger partial charge on any atom is -0.373 e. The zero-order chi connectivity index (χ0) is 18.8. The number of aromatic nitrogens is 2. The van der Waals surface area contributed by atoms with E-state index in [0.29, 0.717) is 42.6 Å². The van der Waals surface area contributed by atoms with E-state index in [9.17, 15) is 9.59 Å². The van der Waals surface area contributed by atoms with Crippen LogP contribution in [0, 0.1) is 5.92 Å². The molecule has 0 radical (unpaired) electrons. The third kappa shape index (κ3) is 3.49. The lowest BCUT2D eigenvalue weighted by Crippen LogP contribution is -2.47. The third-order valence-corrected chi connectivity index (χ3v) is 5.41. The third-order valence-electron chi connectivity index (χ3n) is 5.41. The molecule has 7 nitrogen and oxygen atoms in total. The van der Waals surface area contributed by atoms with Crippen molar-refractivity contribution in [2.45, 2.75) is 18.9 Å². The molecule has 2 amide bonds. The zero-order valence-electron chi connectivity index (χ0n) is 15.3. The maximum absolute atomic E-state index is 13.1. The molecule has 140 valence electrons. The fourth-order valence-electron chi connectivity index (χ4n) is 4.01. The van der Waals surface area contributed by atoms with Gasteiger partial charge in [-0.2, -0.15) is 0 Å². The molecule has 7 heteroatoms. The zero-order valence-corrected chi connectivity index (χ0v) is 15.3. The number of carbonyl (C=O) groups excluding carboxylic acids is 2. The lowest BCUT2D eigenvalue weighted by Gasteiger charge is -2.36. The molecular weight excluding hydrogens is 342 g/mol. The van der Waals surface area contributed by atoms with Crippen molar-refractivity contribution in [2.75, 3.05) is 32.0 Å². The molecule has 3 saturated heterocycles. The lowest BCUT2D eigenvalue weighted by molar-refractivity contribution is 0.0574. The summed E-state index contributed by atoms with van der Waals surface area (Å²) in [5.74, 6) is 0.928. The number of carbonyl (C=O) groups is 2. The average molecular weight is 365 g/mol. The van der Waals surface area contributed by atoms with E-state index in [2.05, 4.69) is 15.3 Å². The van der Waals surface area contributed by atoms with Gasteiger partial charge in [-0.1, -0.05) is 6.07 Å². The molecule has 0 aliphatic carbocycles. The van der Waals surface area contributed by atoms with Gasteiger partial charge in [-0.15, -0.1) is 0 Å². The minimum absolute atomic E-state index is 0.00994. The van der Waals surface area contributed by atoms with Gasteiger partial charge in [-0.05, 0) is 43.0 Å². The number of piperidine rings is 1. The first-order valence-corrected chi connectivity index (χ1v) is 9.31. The number of amides is 2. The smallest absolute Gasteiger partial charge is 0.272 e. The molecule has 1 N–H and O–H groups in total. The Labute approximate surface area is 158 Å². The molecule has 2 bridgehead atoms. The maximum Gasteiger partial charge on any atom is 0.272 e. The summed E-state index contributed by atoms with van der Waals surface area (Å²) in [6, 6.07) is 8.93. The predicted molar refractivity (Wildman–Crippen MR) is 101 cm³/mol. The Kier molecular flexibility index (Phi) is 4.75. The second-order valence-corrected chi connectivity index (χ2v) is 7.16. The molecule has 5 heterocycles. The Morgan fingerprint density at radius 1 is 1.04 bits per heavy atom. The molecule has 2 aromatic rings. The van der Waals surface area contributed by atoms with Crippen LogP contribution in [0.5, 0.6) is 0 Å². The van der Waals surface area contributed by atoms with Crippen molar-refractivity contribution in [2.24, 2.45) is 5.92 Å². The minimum atomic E-state index is -0.0526. The van der Waals surface area contributed by atoms with Crippen LogP contribution in [0.3, 0.4) is 0 Å². The number of pyridine rings is 2. The first-order chi connectivity index (χ1) is 13.2. The van der Waals surface area contributed by atoms with Crippen molar-refractivity contribution >= 4 is 17.6 Å². The molecule has 0 spiro atoms. The van der Waals surface area contributed by atoms with Gasteiger partial charge in [0.1, 0.15) is 11.5 Å². The Balaban J connectivity index is 1.54. The lowest BCUT2D eigenvalue weighted by atomic mass is 9.94. The van der Waals surface area contributed by atoms with Gasteiger partial charge in [0.2, 0.25) is 0 Å². The summed E-state index contributed by atoms with van der Waals surface area (Å²) in [5.41, 5.74) is 1.09. The van der Waals surface area contributed by atoms with Crippen molar-refractivity contribution in [1.82, 2.24) is 19.8 Å². The highest BCUT2D eigenvalue weighted by molar-refractivity contribution is 5.95. The van der Waals surface area contributed by atoms with E-state index < -0.39 is 0 Å². The number of hydrogen-bond acceptors (Lipinski definition) is 5. The van der Waals surface area contributed by atoms with Gasteiger partial charge >= 0.3 is 0 Å².